The molecule has 12 heavy (non-hydrogen) atoms. The molecule has 0 radical (unpaired) electrons. The first-order chi connectivity index (χ1) is 5.86. The molecule has 0 aliphatic carbocycles. The zero-order chi connectivity index (χ0) is 8.81. The molecule has 1 rings (SSSR count). The van der Waals surface area contributed by atoms with E-state index in [4.69, 9.17) is 0 Å². The van der Waals surface area contributed by atoms with E-state index < -0.39 is 0 Å². The van der Waals surface area contributed by atoms with Gasteiger partial charge >= 0.3 is 0 Å². The zero-order valence-electron chi connectivity index (χ0n) is 7.46. The average Bonchev–Trinajstić information content (AvgIpc) is 2.16. The fourth-order valence-electron chi connectivity index (χ4n) is 1.10. The van der Waals surface area contributed by atoms with E-state index in [2.05, 4.69) is 46.5 Å². The van der Waals surface area contributed by atoms with Crippen LogP contribution >= 0.6 is 17.8 Å². The Balaban J connectivity index is 2.51. The summed E-state index contributed by atoms with van der Waals surface area (Å²) in [5.74, 6) is 0. The standard InChI is InChI=1S/C10H16P2/c1-2-9(8-11)12-10-6-4-3-5-7-10/h3-7,9,12H,2,8,11H2,1H3. The molecule has 0 aromatic heterocycles. The third-order valence-corrected chi connectivity index (χ3v) is 4.68. The molecule has 0 aliphatic heterocycles. The predicted molar refractivity (Wildman–Crippen MR) is 63.0 cm³/mol. The van der Waals surface area contributed by atoms with Crippen molar-refractivity contribution >= 4 is 23.1 Å². The van der Waals surface area contributed by atoms with Gasteiger partial charge in [-0.15, -0.1) is 9.24 Å². The van der Waals surface area contributed by atoms with Gasteiger partial charge in [0.25, 0.3) is 0 Å². The summed E-state index contributed by atoms with van der Waals surface area (Å²) in [7, 11) is 3.82. The van der Waals surface area contributed by atoms with E-state index in [9.17, 15) is 0 Å². The molecule has 0 aliphatic rings. The summed E-state index contributed by atoms with van der Waals surface area (Å²) in [6.45, 7) is 2.27. The second kappa shape index (κ2) is 5.68. The average molecular weight is 198 g/mol. The van der Waals surface area contributed by atoms with Crippen LogP contribution in [0.3, 0.4) is 0 Å². The number of rotatable bonds is 4. The summed E-state index contributed by atoms with van der Waals surface area (Å²) >= 11 is 0. The Morgan fingerprint density at radius 2 is 2.00 bits per heavy atom. The molecule has 0 amide bonds. The molecule has 1 aromatic rings. The van der Waals surface area contributed by atoms with Gasteiger partial charge in [0.1, 0.15) is 0 Å². The van der Waals surface area contributed by atoms with E-state index in [0.29, 0.717) is 0 Å². The van der Waals surface area contributed by atoms with Crippen LogP contribution in [0.25, 0.3) is 0 Å². The minimum atomic E-state index is 0.859. The monoisotopic (exact) mass is 198 g/mol. The summed E-state index contributed by atoms with van der Waals surface area (Å²) in [6, 6.07) is 10.8. The Labute approximate surface area is 79.1 Å². The molecule has 1 aromatic carbocycles. The molecule has 3 unspecified atom stereocenters. The van der Waals surface area contributed by atoms with Gasteiger partial charge in [-0.1, -0.05) is 45.8 Å². The Morgan fingerprint density at radius 1 is 1.33 bits per heavy atom. The maximum atomic E-state index is 2.84. The Hall–Kier alpha value is 0.0800. The molecule has 2 heteroatoms. The highest BCUT2D eigenvalue weighted by molar-refractivity contribution is 7.48. The third-order valence-electron chi connectivity index (χ3n) is 1.92. The van der Waals surface area contributed by atoms with Crippen molar-refractivity contribution in [3.63, 3.8) is 0 Å². The van der Waals surface area contributed by atoms with Crippen LogP contribution in [0.4, 0.5) is 0 Å². The highest BCUT2D eigenvalue weighted by atomic mass is 31.1. The molecule has 0 N–H and O–H groups in total. The summed E-state index contributed by atoms with van der Waals surface area (Å²) in [5.41, 5.74) is 0.859. The number of benzene rings is 1. The van der Waals surface area contributed by atoms with E-state index in [0.717, 1.165) is 14.2 Å². The molecule has 3 atom stereocenters. The van der Waals surface area contributed by atoms with Crippen molar-refractivity contribution in [2.75, 3.05) is 6.16 Å². The van der Waals surface area contributed by atoms with Crippen molar-refractivity contribution < 1.29 is 0 Å². The van der Waals surface area contributed by atoms with Crippen LogP contribution in [0.15, 0.2) is 30.3 Å². The van der Waals surface area contributed by atoms with E-state index in [1.165, 1.54) is 17.9 Å². The Kier molecular flexibility index (Phi) is 4.81. The molecule has 0 nitrogen and oxygen atoms in total. The van der Waals surface area contributed by atoms with Gasteiger partial charge in [0.2, 0.25) is 0 Å². The van der Waals surface area contributed by atoms with Crippen molar-refractivity contribution in [2.24, 2.45) is 0 Å². The van der Waals surface area contributed by atoms with Crippen LogP contribution in [0.1, 0.15) is 13.3 Å². The first-order valence-corrected chi connectivity index (χ1v) is 6.28. The highest BCUT2D eigenvalue weighted by Crippen LogP contribution is 2.22. The van der Waals surface area contributed by atoms with Crippen LogP contribution in [0.5, 0.6) is 0 Å². The van der Waals surface area contributed by atoms with E-state index >= 15 is 0 Å². The van der Waals surface area contributed by atoms with Crippen molar-refractivity contribution in [3.05, 3.63) is 30.3 Å². The second-order valence-corrected chi connectivity index (χ2v) is 5.01. The zero-order valence-corrected chi connectivity index (χ0v) is 9.61. The second-order valence-electron chi connectivity index (χ2n) is 2.85. The fraction of sp³-hybridized carbons (Fsp3) is 0.400. The normalized spacial score (nSPS) is 13.8. The molecule has 0 saturated carbocycles. The minimum Gasteiger partial charge on any atom is -0.137 e. The van der Waals surface area contributed by atoms with Gasteiger partial charge in [-0.3, -0.25) is 0 Å². The first-order valence-electron chi connectivity index (χ1n) is 4.38. The maximum absolute atomic E-state index is 2.84. The van der Waals surface area contributed by atoms with Crippen molar-refractivity contribution in [2.45, 2.75) is 19.0 Å². The van der Waals surface area contributed by atoms with E-state index in [1.807, 2.05) is 0 Å². The molecule has 0 spiro atoms. The summed E-state index contributed by atoms with van der Waals surface area (Å²) in [5, 5.41) is 1.49. The molecular weight excluding hydrogens is 182 g/mol. The fourth-order valence-corrected chi connectivity index (χ4v) is 2.96. The van der Waals surface area contributed by atoms with Gasteiger partial charge in [0.05, 0.1) is 0 Å². The molecule has 0 fully saturated rings. The van der Waals surface area contributed by atoms with Crippen molar-refractivity contribution in [1.82, 2.24) is 0 Å². The topological polar surface area (TPSA) is 0 Å². The lowest BCUT2D eigenvalue weighted by Gasteiger charge is -2.11. The van der Waals surface area contributed by atoms with Gasteiger partial charge in [-0.2, -0.15) is 0 Å². The van der Waals surface area contributed by atoms with Crippen molar-refractivity contribution in [1.29, 1.82) is 0 Å². The highest BCUT2D eigenvalue weighted by Gasteiger charge is 2.03. The van der Waals surface area contributed by atoms with Crippen LogP contribution in [-0.4, -0.2) is 11.8 Å². The molecule has 0 heterocycles. The maximum Gasteiger partial charge on any atom is -0.0164 e. The van der Waals surface area contributed by atoms with Gasteiger partial charge < -0.3 is 0 Å². The molecular formula is C10H16P2. The molecule has 0 saturated heterocycles. The summed E-state index contributed by atoms with van der Waals surface area (Å²) in [4.78, 5) is 0. The van der Waals surface area contributed by atoms with Crippen LogP contribution in [-0.2, 0) is 0 Å². The van der Waals surface area contributed by atoms with Gasteiger partial charge in [-0.05, 0) is 23.5 Å². The van der Waals surface area contributed by atoms with Gasteiger partial charge in [0, 0.05) is 0 Å². The number of hydrogen-bond donors (Lipinski definition) is 0. The number of hydrogen-bond acceptors (Lipinski definition) is 0. The minimum absolute atomic E-state index is 0.859. The Morgan fingerprint density at radius 3 is 2.50 bits per heavy atom. The van der Waals surface area contributed by atoms with Crippen LogP contribution in [0.2, 0.25) is 0 Å². The Bertz CT molecular complexity index is 204. The first kappa shape index (κ1) is 10.2. The molecule has 66 valence electrons. The van der Waals surface area contributed by atoms with E-state index in [-0.39, 0.29) is 0 Å². The SMILES string of the molecule is CCC(CP)Pc1ccccc1. The van der Waals surface area contributed by atoms with Crippen LogP contribution < -0.4 is 5.30 Å². The van der Waals surface area contributed by atoms with Gasteiger partial charge in [-0.25, -0.2) is 0 Å². The van der Waals surface area contributed by atoms with Crippen molar-refractivity contribution in [3.8, 4) is 0 Å². The molecule has 0 bridgehead atoms. The van der Waals surface area contributed by atoms with Gasteiger partial charge in [0.15, 0.2) is 0 Å². The summed E-state index contributed by atoms with van der Waals surface area (Å²) in [6.07, 6.45) is 2.51. The van der Waals surface area contributed by atoms with E-state index in [1.54, 1.807) is 0 Å². The predicted octanol–water partition coefficient (Wildman–Crippen LogP) is 2.64. The lowest BCUT2D eigenvalue weighted by atomic mass is 10.4. The quantitative estimate of drug-likeness (QED) is 0.652. The lowest BCUT2D eigenvalue weighted by molar-refractivity contribution is 0.914. The largest absolute Gasteiger partial charge is 0.137 e. The third kappa shape index (κ3) is 3.21. The lowest BCUT2D eigenvalue weighted by Crippen LogP contribution is -2.06. The smallest absolute Gasteiger partial charge is 0.0164 e. The van der Waals surface area contributed by atoms with Crippen LogP contribution in [0, 0.1) is 0 Å². The summed E-state index contributed by atoms with van der Waals surface area (Å²) < 4.78 is 0.